The second-order valence-electron chi connectivity index (χ2n) is 5.77. The highest BCUT2D eigenvalue weighted by atomic mass is 32.1. The summed E-state index contributed by atoms with van der Waals surface area (Å²) in [6.07, 6.45) is 1.05. The lowest BCUT2D eigenvalue weighted by molar-refractivity contribution is 0.507. The maximum absolute atomic E-state index is 5.50. The van der Waals surface area contributed by atoms with Crippen molar-refractivity contribution in [1.29, 1.82) is 0 Å². The number of anilines is 1. The molecular formula is C19H24N2S. The molecular weight excluding hydrogens is 288 g/mol. The van der Waals surface area contributed by atoms with Crippen molar-refractivity contribution in [3.8, 4) is 0 Å². The fourth-order valence-electron chi connectivity index (χ4n) is 2.39. The van der Waals surface area contributed by atoms with Crippen LogP contribution in [0.25, 0.3) is 0 Å². The van der Waals surface area contributed by atoms with E-state index in [1.165, 1.54) is 22.3 Å². The topological polar surface area (TPSA) is 15.3 Å². The molecule has 0 radical (unpaired) electrons. The predicted molar refractivity (Wildman–Crippen MR) is 99.4 cm³/mol. The van der Waals surface area contributed by atoms with E-state index in [1.807, 2.05) is 7.05 Å². The highest BCUT2D eigenvalue weighted by Gasteiger charge is 2.07. The van der Waals surface area contributed by atoms with Gasteiger partial charge in [-0.05, 0) is 61.3 Å². The lowest BCUT2D eigenvalue weighted by atomic mass is 10.1. The number of hydrogen-bond donors (Lipinski definition) is 1. The molecule has 0 heterocycles. The lowest BCUT2D eigenvalue weighted by Gasteiger charge is -2.22. The SMILES string of the molecule is CCc1ccc(NC(=S)N(C)Cc2ccc(C)cc2C)cc1. The molecule has 3 heteroatoms. The van der Waals surface area contributed by atoms with Crippen molar-refractivity contribution in [3.05, 3.63) is 64.7 Å². The molecule has 0 saturated heterocycles. The van der Waals surface area contributed by atoms with Crippen LogP contribution in [0.1, 0.15) is 29.2 Å². The maximum Gasteiger partial charge on any atom is 0.173 e. The van der Waals surface area contributed by atoms with E-state index in [0.29, 0.717) is 0 Å². The summed E-state index contributed by atoms with van der Waals surface area (Å²) in [6, 6.07) is 15.0. The summed E-state index contributed by atoms with van der Waals surface area (Å²) >= 11 is 5.50. The molecule has 0 aliphatic carbocycles. The Kier molecular flexibility index (Phi) is 5.56. The van der Waals surface area contributed by atoms with Crippen molar-refractivity contribution in [2.45, 2.75) is 33.7 Å². The molecule has 2 aromatic rings. The maximum atomic E-state index is 5.50. The first-order valence-electron chi connectivity index (χ1n) is 7.66. The van der Waals surface area contributed by atoms with Gasteiger partial charge in [-0.1, -0.05) is 42.8 Å². The standard InChI is InChI=1S/C19H24N2S/c1-5-16-7-10-18(11-8-16)20-19(22)21(4)13-17-9-6-14(2)12-15(17)3/h6-12H,5,13H2,1-4H3,(H,20,22). The zero-order valence-electron chi connectivity index (χ0n) is 13.8. The van der Waals surface area contributed by atoms with Crippen molar-refractivity contribution in [2.75, 3.05) is 12.4 Å². The Bertz CT molecular complexity index is 647. The van der Waals surface area contributed by atoms with Crippen LogP contribution >= 0.6 is 12.2 Å². The van der Waals surface area contributed by atoms with E-state index in [2.05, 4.69) is 73.5 Å². The van der Waals surface area contributed by atoms with Gasteiger partial charge < -0.3 is 10.2 Å². The minimum Gasteiger partial charge on any atom is -0.348 e. The van der Waals surface area contributed by atoms with E-state index < -0.39 is 0 Å². The highest BCUT2D eigenvalue weighted by Crippen LogP contribution is 2.14. The van der Waals surface area contributed by atoms with E-state index in [9.17, 15) is 0 Å². The fraction of sp³-hybridized carbons (Fsp3) is 0.316. The van der Waals surface area contributed by atoms with Crippen LogP contribution in [0.15, 0.2) is 42.5 Å². The van der Waals surface area contributed by atoms with Crippen molar-refractivity contribution in [2.24, 2.45) is 0 Å². The molecule has 0 atom stereocenters. The van der Waals surface area contributed by atoms with Gasteiger partial charge in [0.25, 0.3) is 0 Å². The number of hydrogen-bond acceptors (Lipinski definition) is 1. The molecule has 0 unspecified atom stereocenters. The largest absolute Gasteiger partial charge is 0.348 e. The van der Waals surface area contributed by atoms with Gasteiger partial charge >= 0.3 is 0 Å². The first-order chi connectivity index (χ1) is 10.5. The predicted octanol–water partition coefficient (Wildman–Crippen LogP) is 4.69. The van der Waals surface area contributed by atoms with Gasteiger partial charge in [0.2, 0.25) is 0 Å². The van der Waals surface area contributed by atoms with Crippen molar-refractivity contribution < 1.29 is 0 Å². The quantitative estimate of drug-likeness (QED) is 0.824. The number of thiocarbonyl (C=S) groups is 1. The molecule has 2 rings (SSSR count). The normalized spacial score (nSPS) is 10.4. The zero-order chi connectivity index (χ0) is 16.1. The molecule has 0 aromatic heterocycles. The van der Waals surface area contributed by atoms with Crippen LogP contribution in [-0.2, 0) is 13.0 Å². The molecule has 1 N–H and O–H groups in total. The van der Waals surface area contributed by atoms with Crippen molar-refractivity contribution in [1.82, 2.24) is 4.90 Å². The van der Waals surface area contributed by atoms with Gasteiger partial charge in [-0.15, -0.1) is 0 Å². The Hall–Kier alpha value is -1.87. The summed E-state index contributed by atoms with van der Waals surface area (Å²) in [5.41, 5.74) is 6.27. The van der Waals surface area contributed by atoms with Gasteiger partial charge in [-0.3, -0.25) is 0 Å². The molecule has 0 saturated carbocycles. The second-order valence-corrected chi connectivity index (χ2v) is 6.15. The van der Waals surface area contributed by atoms with Crippen molar-refractivity contribution >= 4 is 23.0 Å². The molecule has 22 heavy (non-hydrogen) atoms. The molecule has 0 aliphatic rings. The van der Waals surface area contributed by atoms with Gasteiger partial charge in [0, 0.05) is 19.3 Å². The van der Waals surface area contributed by atoms with Gasteiger partial charge in [0.05, 0.1) is 0 Å². The van der Waals surface area contributed by atoms with E-state index in [-0.39, 0.29) is 0 Å². The first kappa shape index (κ1) is 16.5. The molecule has 0 bridgehead atoms. The van der Waals surface area contributed by atoms with Gasteiger partial charge in [0.15, 0.2) is 5.11 Å². The van der Waals surface area contributed by atoms with Gasteiger partial charge in [0.1, 0.15) is 0 Å². The van der Waals surface area contributed by atoms with Crippen LogP contribution in [0.4, 0.5) is 5.69 Å². The van der Waals surface area contributed by atoms with Crippen LogP contribution < -0.4 is 5.32 Å². The third-order valence-electron chi connectivity index (χ3n) is 3.87. The van der Waals surface area contributed by atoms with Crippen molar-refractivity contribution in [3.63, 3.8) is 0 Å². The number of nitrogens with zero attached hydrogens (tertiary/aromatic N) is 1. The third-order valence-corrected chi connectivity index (χ3v) is 4.28. The van der Waals surface area contributed by atoms with Gasteiger partial charge in [-0.2, -0.15) is 0 Å². The summed E-state index contributed by atoms with van der Waals surface area (Å²) in [5, 5.41) is 4.04. The van der Waals surface area contributed by atoms with Crippen LogP contribution in [0.3, 0.4) is 0 Å². The van der Waals surface area contributed by atoms with Crippen LogP contribution in [0.2, 0.25) is 0 Å². The Morgan fingerprint density at radius 1 is 1.09 bits per heavy atom. The molecule has 2 aromatic carbocycles. The Balaban J connectivity index is 1.99. The summed E-state index contributed by atoms with van der Waals surface area (Å²) in [4.78, 5) is 2.07. The molecule has 2 nitrogen and oxygen atoms in total. The Morgan fingerprint density at radius 2 is 1.77 bits per heavy atom. The summed E-state index contributed by atoms with van der Waals surface area (Å²) in [5.74, 6) is 0. The molecule has 0 aliphatic heterocycles. The van der Waals surface area contributed by atoms with E-state index in [4.69, 9.17) is 12.2 Å². The number of rotatable bonds is 4. The molecule has 0 spiro atoms. The number of aryl methyl sites for hydroxylation is 3. The zero-order valence-corrected chi connectivity index (χ0v) is 14.6. The fourth-order valence-corrected chi connectivity index (χ4v) is 2.58. The average Bonchev–Trinajstić information content (AvgIpc) is 2.50. The second kappa shape index (κ2) is 7.41. The smallest absolute Gasteiger partial charge is 0.173 e. The highest BCUT2D eigenvalue weighted by molar-refractivity contribution is 7.80. The molecule has 0 amide bonds. The van der Waals surface area contributed by atoms with E-state index >= 15 is 0 Å². The number of benzene rings is 2. The van der Waals surface area contributed by atoms with Crippen LogP contribution in [0.5, 0.6) is 0 Å². The van der Waals surface area contributed by atoms with E-state index in [1.54, 1.807) is 0 Å². The molecule has 0 fully saturated rings. The summed E-state index contributed by atoms with van der Waals surface area (Å²) in [6.45, 7) is 7.23. The van der Waals surface area contributed by atoms with Crippen LogP contribution in [0, 0.1) is 13.8 Å². The number of nitrogens with one attached hydrogen (secondary N) is 1. The minimum atomic E-state index is 0.740. The third kappa shape index (κ3) is 4.31. The lowest BCUT2D eigenvalue weighted by Crippen LogP contribution is -2.30. The first-order valence-corrected chi connectivity index (χ1v) is 8.07. The molecule has 116 valence electrons. The summed E-state index contributed by atoms with van der Waals surface area (Å²) < 4.78 is 0. The van der Waals surface area contributed by atoms with Crippen LogP contribution in [-0.4, -0.2) is 17.1 Å². The Morgan fingerprint density at radius 3 is 2.36 bits per heavy atom. The average molecular weight is 312 g/mol. The van der Waals surface area contributed by atoms with E-state index in [0.717, 1.165) is 23.8 Å². The van der Waals surface area contributed by atoms with Gasteiger partial charge in [-0.25, -0.2) is 0 Å². The minimum absolute atomic E-state index is 0.740. The monoisotopic (exact) mass is 312 g/mol. The summed E-state index contributed by atoms with van der Waals surface area (Å²) in [7, 11) is 2.02. The Labute approximate surface area is 139 Å².